The smallest absolute Gasteiger partial charge is 0.507 e. The van der Waals surface area contributed by atoms with Crippen LogP contribution in [0, 0.1) is 5.92 Å². The predicted molar refractivity (Wildman–Crippen MR) is 145 cm³/mol. The number of phenolic OH excluding ortho intramolecular Hbond substituents is 1. The molecule has 0 radical (unpaired) electrons. The molecule has 0 amide bonds. The maximum atomic E-state index is 12.6. The minimum Gasteiger partial charge on any atom is -0.507 e. The SMILES string of the molecule is C=C(C)[C@@H]1CCC(C)=C[C@H]1c1c(O)cc(CCC)cc1OC(=O)OCCOP(=O)(O)OCc1ccccc1. The summed E-state index contributed by atoms with van der Waals surface area (Å²) >= 11 is 0. The Kier molecular flexibility index (Phi) is 10.7. The lowest BCUT2D eigenvalue weighted by atomic mass is 9.73. The van der Waals surface area contributed by atoms with Crippen molar-refractivity contribution in [3.63, 3.8) is 0 Å². The zero-order valence-electron chi connectivity index (χ0n) is 22.2. The Morgan fingerprint density at radius 1 is 1.13 bits per heavy atom. The Morgan fingerprint density at radius 3 is 2.55 bits per heavy atom. The van der Waals surface area contributed by atoms with E-state index in [1.807, 2.05) is 26.8 Å². The Bertz CT molecular complexity index is 1190. The van der Waals surface area contributed by atoms with Crippen molar-refractivity contribution in [1.29, 1.82) is 0 Å². The number of rotatable bonds is 12. The molecule has 1 aliphatic rings. The highest BCUT2D eigenvalue weighted by Gasteiger charge is 2.31. The van der Waals surface area contributed by atoms with Crippen molar-refractivity contribution >= 4 is 14.0 Å². The quantitative estimate of drug-likeness (QED) is 0.0948. The summed E-state index contributed by atoms with van der Waals surface area (Å²) in [5.41, 5.74) is 4.24. The van der Waals surface area contributed by atoms with Crippen LogP contribution in [0.3, 0.4) is 0 Å². The summed E-state index contributed by atoms with van der Waals surface area (Å²) in [4.78, 5) is 22.4. The molecule has 0 spiro atoms. The number of benzene rings is 2. The molecule has 206 valence electrons. The van der Waals surface area contributed by atoms with Gasteiger partial charge in [-0.05, 0) is 62.3 Å². The lowest BCUT2D eigenvalue weighted by Crippen LogP contribution is -2.20. The molecule has 8 nitrogen and oxygen atoms in total. The van der Waals surface area contributed by atoms with Crippen LogP contribution in [0.4, 0.5) is 4.79 Å². The largest absolute Gasteiger partial charge is 0.513 e. The van der Waals surface area contributed by atoms with Crippen molar-refractivity contribution in [2.45, 2.75) is 59.0 Å². The van der Waals surface area contributed by atoms with Crippen LogP contribution in [0.1, 0.15) is 62.6 Å². The highest BCUT2D eigenvalue weighted by molar-refractivity contribution is 7.47. The molecule has 3 rings (SSSR count). The molecular weight excluding hydrogens is 507 g/mol. The summed E-state index contributed by atoms with van der Waals surface area (Å²) in [6.45, 7) is 9.37. The molecule has 0 saturated heterocycles. The number of allylic oxidation sites excluding steroid dienone is 3. The normalized spacial score (nSPS) is 18.8. The predicted octanol–water partition coefficient (Wildman–Crippen LogP) is 7.21. The van der Waals surface area contributed by atoms with Crippen LogP contribution >= 0.6 is 7.82 Å². The summed E-state index contributed by atoms with van der Waals surface area (Å²) in [6, 6.07) is 12.4. The number of hydrogen-bond acceptors (Lipinski definition) is 7. The van der Waals surface area contributed by atoms with Gasteiger partial charge in [0.25, 0.3) is 0 Å². The molecular formula is C29H37O8P. The standard InChI is InChI=1S/C29H37O8P/c1-5-9-23-17-26(30)28(25-16-21(4)12-13-24(25)20(2)3)27(18-23)37-29(31)34-14-15-35-38(32,33)36-19-22-10-7-6-8-11-22/h6-8,10-11,16-18,24-25,30H,2,5,9,12-15,19H2,1,3-4H3,(H,32,33)/t24-,25+/m0/s1. The molecule has 3 atom stereocenters. The average molecular weight is 545 g/mol. The first-order valence-corrected chi connectivity index (χ1v) is 14.3. The molecule has 0 aliphatic heterocycles. The Balaban J connectivity index is 1.65. The number of phosphoric ester groups is 1. The third-order valence-corrected chi connectivity index (χ3v) is 7.38. The summed E-state index contributed by atoms with van der Waals surface area (Å²) in [5.74, 6) is 0.162. The maximum Gasteiger partial charge on any atom is 0.513 e. The summed E-state index contributed by atoms with van der Waals surface area (Å²) in [6.07, 6.45) is 4.45. The van der Waals surface area contributed by atoms with Crippen molar-refractivity contribution in [3.8, 4) is 11.5 Å². The fraction of sp³-hybridized carbons (Fsp3) is 0.414. The zero-order chi connectivity index (χ0) is 27.7. The van der Waals surface area contributed by atoms with Gasteiger partial charge in [0.2, 0.25) is 0 Å². The number of ether oxygens (including phenoxy) is 2. The Hall–Kier alpha value is -2.90. The number of phenols is 1. The van der Waals surface area contributed by atoms with Crippen molar-refractivity contribution in [2.75, 3.05) is 13.2 Å². The van der Waals surface area contributed by atoms with Gasteiger partial charge < -0.3 is 19.5 Å². The highest BCUT2D eigenvalue weighted by atomic mass is 31.2. The fourth-order valence-corrected chi connectivity index (χ4v) is 5.28. The van der Waals surface area contributed by atoms with E-state index < -0.39 is 14.0 Å². The van der Waals surface area contributed by atoms with Gasteiger partial charge in [0.15, 0.2) is 0 Å². The van der Waals surface area contributed by atoms with Crippen LogP contribution in [0.2, 0.25) is 0 Å². The van der Waals surface area contributed by atoms with Gasteiger partial charge >= 0.3 is 14.0 Å². The van der Waals surface area contributed by atoms with Crippen molar-refractivity contribution < 1.29 is 37.9 Å². The minimum absolute atomic E-state index is 0.0565. The Labute approximate surface area is 224 Å². The number of aryl methyl sites for hydroxylation is 1. The van der Waals surface area contributed by atoms with E-state index in [9.17, 15) is 19.4 Å². The van der Waals surface area contributed by atoms with Crippen LogP contribution in [0.5, 0.6) is 11.5 Å². The van der Waals surface area contributed by atoms with Crippen LogP contribution in [-0.4, -0.2) is 29.4 Å². The average Bonchev–Trinajstić information content (AvgIpc) is 2.86. The molecule has 2 aromatic rings. The lowest BCUT2D eigenvalue weighted by Gasteiger charge is -2.32. The summed E-state index contributed by atoms with van der Waals surface area (Å²) in [5, 5.41) is 11.0. The van der Waals surface area contributed by atoms with Gasteiger partial charge in [-0.15, -0.1) is 0 Å². The van der Waals surface area contributed by atoms with Gasteiger partial charge in [0.1, 0.15) is 18.1 Å². The third-order valence-electron chi connectivity index (χ3n) is 6.42. The van der Waals surface area contributed by atoms with E-state index in [1.54, 1.807) is 36.4 Å². The second kappa shape index (κ2) is 13.8. The monoisotopic (exact) mass is 544 g/mol. The van der Waals surface area contributed by atoms with Crippen molar-refractivity contribution in [1.82, 2.24) is 0 Å². The molecule has 0 heterocycles. The molecule has 0 aromatic heterocycles. The summed E-state index contributed by atoms with van der Waals surface area (Å²) < 4.78 is 32.6. The number of carbonyl (C=O) groups excluding carboxylic acids is 1. The minimum atomic E-state index is -4.33. The third kappa shape index (κ3) is 8.57. The topological polar surface area (TPSA) is 112 Å². The van der Waals surface area contributed by atoms with Crippen LogP contribution < -0.4 is 4.74 Å². The summed E-state index contributed by atoms with van der Waals surface area (Å²) in [7, 11) is -4.33. The van der Waals surface area contributed by atoms with Gasteiger partial charge in [-0.1, -0.05) is 67.5 Å². The molecule has 38 heavy (non-hydrogen) atoms. The first kappa shape index (κ1) is 29.7. The van der Waals surface area contributed by atoms with Gasteiger partial charge in [-0.3, -0.25) is 9.05 Å². The second-order valence-electron chi connectivity index (χ2n) is 9.57. The van der Waals surface area contributed by atoms with Crippen molar-refractivity contribution in [3.05, 3.63) is 83.0 Å². The molecule has 2 N–H and O–H groups in total. The van der Waals surface area contributed by atoms with E-state index in [0.717, 1.165) is 30.4 Å². The molecule has 9 heteroatoms. The van der Waals surface area contributed by atoms with Gasteiger partial charge in [-0.2, -0.15) is 0 Å². The van der Waals surface area contributed by atoms with Gasteiger partial charge in [0.05, 0.1) is 13.2 Å². The van der Waals surface area contributed by atoms with Crippen LogP contribution in [0.25, 0.3) is 0 Å². The van der Waals surface area contributed by atoms with E-state index in [2.05, 4.69) is 12.7 Å². The van der Waals surface area contributed by atoms with Crippen LogP contribution in [0.15, 0.2) is 66.3 Å². The van der Waals surface area contributed by atoms with E-state index in [4.69, 9.17) is 18.5 Å². The Morgan fingerprint density at radius 2 is 1.87 bits per heavy atom. The molecule has 0 bridgehead atoms. The lowest BCUT2D eigenvalue weighted by molar-refractivity contribution is 0.0706. The van der Waals surface area contributed by atoms with Crippen LogP contribution in [-0.2, 0) is 31.4 Å². The maximum absolute atomic E-state index is 12.6. The number of carbonyl (C=O) groups is 1. The van der Waals surface area contributed by atoms with Crippen molar-refractivity contribution in [2.24, 2.45) is 5.92 Å². The molecule has 1 aliphatic carbocycles. The molecule has 1 unspecified atom stereocenters. The highest BCUT2D eigenvalue weighted by Crippen LogP contribution is 2.47. The number of hydrogen-bond donors (Lipinski definition) is 2. The number of aromatic hydroxyl groups is 1. The van der Waals surface area contributed by atoms with E-state index in [0.29, 0.717) is 17.5 Å². The fourth-order valence-electron chi connectivity index (χ4n) is 4.59. The first-order chi connectivity index (χ1) is 18.1. The van der Waals surface area contributed by atoms with E-state index >= 15 is 0 Å². The number of phosphoric acid groups is 1. The molecule has 2 aromatic carbocycles. The first-order valence-electron chi connectivity index (χ1n) is 12.8. The molecule has 0 fully saturated rings. The van der Waals surface area contributed by atoms with E-state index in [-0.39, 0.29) is 43.2 Å². The van der Waals surface area contributed by atoms with E-state index in [1.165, 1.54) is 5.57 Å². The second-order valence-corrected chi connectivity index (χ2v) is 11.0. The zero-order valence-corrected chi connectivity index (χ0v) is 23.1. The van der Waals surface area contributed by atoms with Gasteiger partial charge in [0, 0.05) is 11.5 Å². The van der Waals surface area contributed by atoms with Gasteiger partial charge in [-0.25, -0.2) is 9.36 Å². The molecule has 0 saturated carbocycles.